The number of hydrogen-bond donors (Lipinski definition) is 1. The maximum Gasteiger partial charge on any atom is 0.303 e. The van der Waals surface area contributed by atoms with Gasteiger partial charge in [-0.25, -0.2) is 9.37 Å². The summed E-state index contributed by atoms with van der Waals surface area (Å²) in [5, 5.41) is 8.95. The van der Waals surface area contributed by atoms with E-state index in [1.54, 1.807) is 12.1 Å². The molecule has 0 aliphatic carbocycles. The highest BCUT2D eigenvalue weighted by Gasteiger charge is 2.15. The standard InChI is InChI=1S/C17H15FN2O2/c1-11-8-9-20-14(6-7-16(21)22)17(19-15(20)10-11)12-2-4-13(18)5-3-12/h2-5,8-10H,6-7H2,1H3,(H,21,22). The van der Waals surface area contributed by atoms with Gasteiger partial charge in [0.05, 0.1) is 17.8 Å². The van der Waals surface area contributed by atoms with Crippen LogP contribution in [0.5, 0.6) is 0 Å². The Morgan fingerprint density at radius 1 is 1.27 bits per heavy atom. The molecule has 2 aromatic heterocycles. The monoisotopic (exact) mass is 298 g/mol. The third-order valence-electron chi connectivity index (χ3n) is 3.57. The maximum absolute atomic E-state index is 13.1. The molecule has 2 heterocycles. The van der Waals surface area contributed by atoms with Gasteiger partial charge in [-0.15, -0.1) is 0 Å². The first-order valence-corrected chi connectivity index (χ1v) is 7.00. The fraction of sp³-hybridized carbons (Fsp3) is 0.176. The number of nitrogens with zero attached hydrogens (tertiary/aromatic N) is 2. The van der Waals surface area contributed by atoms with Gasteiger partial charge < -0.3 is 9.51 Å². The van der Waals surface area contributed by atoms with Crippen LogP contribution in [0.15, 0.2) is 42.6 Å². The van der Waals surface area contributed by atoms with Crippen molar-refractivity contribution >= 4 is 11.6 Å². The predicted octanol–water partition coefficient (Wildman–Crippen LogP) is 3.47. The van der Waals surface area contributed by atoms with Gasteiger partial charge in [0.25, 0.3) is 0 Å². The number of halogens is 1. The molecule has 0 saturated carbocycles. The molecule has 0 fully saturated rings. The molecular weight excluding hydrogens is 283 g/mol. The Morgan fingerprint density at radius 3 is 2.68 bits per heavy atom. The maximum atomic E-state index is 13.1. The van der Waals surface area contributed by atoms with Crippen molar-refractivity contribution < 1.29 is 14.3 Å². The third-order valence-corrected chi connectivity index (χ3v) is 3.57. The van der Waals surface area contributed by atoms with Crippen LogP contribution in [-0.2, 0) is 11.2 Å². The molecule has 0 radical (unpaired) electrons. The quantitative estimate of drug-likeness (QED) is 0.802. The minimum Gasteiger partial charge on any atom is -0.481 e. The average molecular weight is 298 g/mol. The molecule has 0 aliphatic rings. The van der Waals surface area contributed by atoms with Gasteiger partial charge in [0, 0.05) is 18.2 Å². The number of imidazole rings is 1. The summed E-state index contributed by atoms with van der Waals surface area (Å²) in [6.07, 6.45) is 2.28. The number of aryl methyl sites for hydroxylation is 2. The summed E-state index contributed by atoms with van der Waals surface area (Å²) in [5.74, 6) is -1.16. The van der Waals surface area contributed by atoms with Crippen molar-refractivity contribution in [2.24, 2.45) is 0 Å². The second-order valence-corrected chi connectivity index (χ2v) is 5.24. The lowest BCUT2D eigenvalue weighted by molar-refractivity contribution is -0.136. The van der Waals surface area contributed by atoms with E-state index in [9.17, 15) is 9.18 Å². The van der Waals surface area contributed by atoms with Crippen molar-refractivity contribution in [1.29, 1.82) is 0 Å². The number of aromatic nitrogens is 2. The van der Waals surface area contributed by atoms with Gasteiger partial charge in [-0.05, 0) is 48.9 Å². The van der Waals surface area contributed by atoms with Crippen LogP contribution in [0.2, 0.25) is 0 Å². The van der Waals surface area contributed by atoms with E-state index in [0.717, 1.165) is 22.5 Å². The molecule has 0 atom stereocenters. The highest BCUT2D eigenvalue weighted by atomic mass is 19.1. The second-order valence-electron chi connectivity index (χ2n) is 5.24. The molecule has 3 aromatic rings. The smallest absolute Gasteiger partial charge is 0.303 e. The summed E-state index contributed by atoms with van der Waals surface area (Å²) in [6, 6.07) is 9.98. The van der Waals surface area contributed by atoms with Crippen molar-refractivity contribution in [3.05, 3.63) is 59.7 Å². The average Bonchev–Trinajstić information content (AvgIpc) is 2.83. The van der Waals surface area contributed by atoms with E-state index in [2.05, 4.69) is 4.98 Å². The second kappa shape index (κ2) is 5.60. The number of fused-ring (bicyclic) bond motifs is 1. The van der Waals surface area contributed by atoms with Crippen LogP contribution >= 0.6 is 0 Å². The number of rotatable bonds is 4. The van der Waals surface area contributed by atoms with Gasteiger partial charge >= 0.3 is 5.97 Å². The van der Waals surface area contributed by atoms with Gasteiger partial charge in [-0.1, -0.05) is 0 Å². The van der Waals surface area contributed by atoms with Crippen LogP contribution in [-0.4, -0.2) is 20.5 Å². The van der Waals surface area contributed by atoms with Crippen molar-refractivity contribution in [3.63, 3.8) is 0 Å². The molecule has 22 heavy (non-hydrogen) atoms. The number of carboxylic acids is 1. The third kappa shape index (κ3) is 2.70. The molecule has 0 bridgehead atoms. The molecule has 1 N–H and O–H groups in total. The van der Waals surface area contributed by atoms with E-state index in [-0.39, 0.29) is 12.2 Å². The summed E-state index contributed by atoms with van der Waals surface area (Å²) < 4.78 is 15.0. The predicted molar refractivity (Wildman–Crippen MR) is 81.3 cm³/mol. The Hall–Kier alpha value is -2.69. The Morgan fingerprint density at radius 2 is 2.00 bits per heavy atom. The van der Waals surface area contributed by atoms with Gasteiger partial charge in [-0.3, -0.25) is 4.79 Å². The largest absolute Gasteiger partial charge is 0.481 e. The first kappa shape index (κ1) is 14.3. The molecule has 3 rings (SSSR count). The van der Waals surface area contributed by atoms with Gasteiger partial charge in [0.15, 0.2) is 0 Å². The fourth-order valence-corrected chi connectivity index (χ4v) is 2.50. The highest BCUT2D eigenvalue weighted by molar-refractivity contribution is 5.70. The lowest BCUT2D eigenvalue weighted by Gasteiger charge is -2.04. The normalized spacial score (nSPS) is 11.0. The van der Waals surface area contributed by atoms with Crippen LogP contribution in [0.1, 0.15) is 17.7 Å². The number of aliphatic carboxylic acids is 1. The van der Waals surface area contributed by atoms with Crippen molar-refractivity contribution in [1.82, 2.24) is 9.38 Å². The van der Waals surface area contributed by atoms with Crippen molar-refractivity contribution in [3.8, 4) is 11.3 Å². The molecule has 0 amide bonds. The Bertz CT molecular complexity index is 838. The molecule has 4 nitrogen and oxygen atoms in total. The first-order chi connectivity index (χ1) is 10.5. The van der Waals surface area contributed by atoms with Crippen LogP contribution in [0, 0.1) is 12.7 Å². The van der Waals surface area contributed by atoms with Crippen LogP contribution < -0.4 is 0 Å². The molecule has 0 aliphatic heterocycles. The van der Waals surface area contributed by atoms with E-state index in [1.807, 2.05) is 29.7 Å². The Labute approximate surface area is 126 Å². The molecule has 112 valence electrons. The first-order valence-electron chi connectivity index (χ1n) is 7.00. The zero-order valence-corrected chi connectivity index (χ0v) is 12.1. The zero-order chi connectivity index (χ0) is 15.7. The number of hydrogen-bond acceptors (Lipinski definition) is 2. The van der Waals surface area contributed by atoms with Crippen molar-refractivity contribution in [2.45, 2.75) is 19.8 Å². The summed E-state index contributed by atoms with van der Waals surface area (Å²) in [5.41, 5.74) is 4.15. The van der Waals surface area contributed by atoms with Crippen LogP contribution in [0.25, 0.3) is 16.9 Å². The van der Waals surface area contributed by atoms with Gasteiger partial charge in [0.2, 0.25) is 0 Å². The van der Waals surface area contributed by atoms with E-state index >= 15 is 0 Å². The topological polar surface area (TPSA) is 54.6 Å². The lowest BCUT2D eigenvalue weighted by Crippen LogP contribution is -2.01. The molecule has 0 unspecified atom stereocenters. The summed E-state index contributed by atoms with van der Waals surface area (Å²) in [6.45, 7) is 1.98. The molecule has 0 saturated heterocycles. The van der Waals surface area contributed by atoms with E-state index in [1.165, 1.54) is 12.1 Å². The lowest BCUT2D eigenvalue weighted by atomic mass is 10.1. The summed E-state index contributed by atoms with van der Waals surface area (Å²) >= 11 is 0. The number of pyridine rings is 1. The number of carbonyl (C=O) groups is 1. The molecule has 0 spiro atoms. The number of carboxylic acid groups (broad SMARTS) is 1. The SMILES string of the molecule is Cc1ccn2c(CCC(=O)O)c(-c3ccc(F)cc3)nc2c1. The Kier molecular flexibility index (Phi) is 3.63. The minimum absolute atomic E-state index is 0.0237. The molecule has 1 aromatic carbocycles. The molecular formula is C17H15FN2O2. The van der Waals surface area contributed by atoms with E-state index < -0.39 is 5.97 Å². The van der Waals surface area contributed by atoms with Gasteiger partial charge in [0.1, 0.15) is 11.5 Å². The number of benzene rings is 1. The summed E-state index contributed by atoms with van der Waals surface area (Å²) in [4.78, 5) is 15.5. The Balaban J connectivity index is 2.16. The van der Waals surface area contributed by atoms with Crippen LogP contribution in [0.4, 0.5) is 4.39 Å². The van der Waals surface area contributed by atoms with Crippen molar-refractivity contribution in [2.75, 3.05) is 0 Å². The zero-order valence-electron chi connectivity index (χ0n) is 12.1. The van der Waals surface area contributed by atoms with Gasteiger partial charge in [-0.2, -0.15) is 0 Å². The highest BCUT2D eigenvalue weighted by Crippen LogP contribution is 2.26. The summed E-state index contributed by atoms with van der Waals surface area (Å²) in [7, 11) is 0. The van der Waals surface area contributed by atoms with E-state index in [0.29, 0.717) is 12.1 Å². The van der Waals surface area contributed by atoms with Crippen LogP contribution in [0.3, 0.4) is 0 Å². The molecule has 5 heteroatoms. The minimum atomic E-state index is -0.855. The fourth-order valence-electron chi connectivity index (χ4n) is 2.50. The van der Waals surface area contributed by atoms with E-state index in [4.69, 9.17) is 5.11 Å².